The van der Waals surface area contributed by atoms with Crippen molar-refractivity contribution in [2.75, 3.05) is 19.0 Å². The van der Waals surface area contributed by atoms with Crippen molar-refractivity contribution < 1.29 is 28.9 Å². The highest BCUT2D eigenvalue weighted by Gasteiger charge is 2.30. The predicted molar refractivity (Wildman–Crippen MR) is 135 cm³/mol. The molecule has 0 bridgehead atoms. The molecule has 0 spiro atoms. The second-order valence-electron chi connectivity index (χ2n) is 9.31. The number of carbonyl (C=O) groups is 2. The number of hydrogen-bond donors (Lipinski definition) is 4. The Morgan fingerprint density at radius 1 is 1.25 bits per heavy atom. The molecule has 36 heavy (non-hydrogen) atoms. The standard InChI is InChI=1S/C25H35N5O6/c1-14(2)26-12-19-21(31)9-18(34-5)10-22(19)35-13-24(32)28-23-11-20(29-30-23)16-6-7-17(8-16)36-25(33)27-15(3)4/h9-12,14-17,31H,6-8,13H2,1-5H3,(H,27,33)(H2,28,29,30,32)/t16-,17+/m0/s1. The van der Waals surface area contributed by atoms with E-state index in [0.29, 0.717) is 23.6 Å². The van der Waals surface area contributed by atoms with Gasteiger partial charge in [-0.3, -0.25) is 14.9 Å². The average molecular weight is 502 g/mol. The van der Waals surface area contributed by atoms with Crippen LogP contribution >= 0.6 is 0 Å². The third-order valence-electron chi connectivity index (χ3n) is 5.56. The number of phenols is 1. The van der Waals surface area contributed by atoms with E-state index in [2.05, 4.69) is 25.8 Å². The number of aromatic nitrogens is 2. The van der Waals surface area contributed by atoms with Gasteiger partial charge in [-0.15, -0.1) is 0 Å². The first-order chi connectivity index (χ1) is 17.1. The minimum absolute atomic E-state index is 0.0202. The molecule has 196 valence electrons. The van der Waals surface area contributed by atoms with Crippen LogP contribution in [-0.2, 0) is 9.53 Å². The van der Waals surface area contributed by atoms with Crippen LogP contribution < -0.4 is 20.1 Å². The molecule has 1 aromatic heterocycles. The molecular formula is C25H35N5O6. The van der Waals surface area contributed by atoms with E-state index in [1.807, 2.05) is 27.7 Å². The molecule has 1 aromatic carbocycles. The summed E-state index contributed by atoms with van der Waals surface area (Å²) in [6.45, 7) is 7.27. The Morgan fingerprint density at radius 2 is 2.03 bits per heavy atom. The van der Waals surface area contributed by atoms with E-state index in [1.165, 1.54) is 19.4 Å². The Balaban J connectivity index is 1.56. The highest BCUT2D eigenvalue weighted by molar-refractivity contribution is 5.92. The molecule has 1 aliphatic rings. The van der Waals surface area contributed by atoms with Gasteiger partial charge in [-0.1, -0.05) is 0 Å². The summed E-state index contributed by atoms with van der Waals surface area (Å²) in [5.74, 6) is 0.704. The number of aliphatic imine (C=N–C) groups is 1. The van der Waals surface area contributed by atoms with E-state index in [9.17, 15) is 14.7 Å². The number of nitrogens with zero attached hydrogens (tertiary/aromatic N) is 2. The lowest BCUT2D eigenvalue weighted by molar-refractivity contribution is -0.118. The van der Waals surface area contributed by atoms with Crippen molar-refractivity contribution in [3.63, 3.8) is 0 Å². The van der Waals surface area contributed by atoms with Gasteiger partial charge in [0.25, 0.3) is 5.91 Å². The molecule has 11 nitrogen and oxygen atoms in total. The Labute approximate surface area is 210 Å². The van der Waals surface area contributed by atoms with Crippen molar-refractivity contribution in [1.29, 1.82) is 0 Å². The monoisotopic (exact) mass is 501 g/mol. The summed E-state index contributed by atoms with van der Waals surface area (Å²) in [7, 11) is 1.47. The van der Waals surface area contributed by atoms with Crippen LogP contribution in [0.3, 0.4) is 0 Å². The lowest BCUT2D eigenvalue weighted by Crippen LogP contribution is -2.33. The molecule has 4 N–H and O–H groups in total. The number of ether oxygens (including phenoxy) is 3. The Morgan fingerprint density at radius 3 is 2.72 bits per heavy atom. The third kappa shape index (κ3) is 7.62. The SMILES string of the molecule is COc1cc(O)c(C=NC(C)C)c(OCC(=O)Nc2cc([C@H]3CC[C@@H](OC(=O)NC(C)C)C3)[nH]n2)c1. The number of aromatic amines is 1. The molecule has 2 atom stereocenters. The van der Waals surface area contributed by atoms with Crippen LogP contribution in [0.2, 0.25) is 0 Å². The van der Waals surface area contributed by atoms with Crippen LogP contribution in [0.4, 0.5) is 10.6 Å². The van der Waals surface area contributed by atoms with Gasteiger partial charge in [0.1, 0.15) is 23.4 Å². The van der Waals surface area contributed by atoms with Gasteiger partial charge in [0.05, 0.1) is 12.7 Å². The van der Waals surface area contributed by atoms with Gasteiger partial charge < -0.3 is 30.0 Å². The number of phenolic OH excluding ortho intramolecular Hbond substituents is 1. The maximum atomic E-state index is 12.5. The summed E-state index contributed by atoms with van der Waals surface area (Å²) in [4.78, 5) is 28.6. The number of nitrogens with one attached hydrogen (secondary N) is 3. The van der Waals surface area contributed by atoms with E-state index < -0.39 is 12.0 Å². The highest BCUT2D eigenvalue weighted by Crippen LogP contribution is 2.36. The van der Waals surface area contributed by atoms with Crippen molar-refractivity contribution in [2.45, 2.75) is 71.1 Å². The van der Waals surface area contributed by atoms with E-state index in [1.54, 1.807) is 12.1 Å². The topological polar surface area (TPSA) is 147 Å². The minimum Gasteiger partial charge on any atom is -0.507 e. The first kappa shape index (κ1) is 26.8. The fraction of sp³-hybridized carbons (Fsp3) is 0.520. The molecule has 1 aliphatic carbocycles. The fourth-order valence-electron chi connectivity index (χ4n) is 3.86. The fourth-order valence-corrected chi connectivity index (χ4v) is 3.86. The van der Waals surface area contributed by atoms with Crippen LogP contribution in [-0.4, -0.2) is 65.4 Å². The summed E-state index contributed by atoms with van der Waals surface area (Å²) in [6.07, 6.45) is 3.24. The molecule has 0 unspecified atom stereocenters. The molecule has 0 radical (unpaired) electrons. The molecule has 1 fully saturated rings. The van der Waals surface area contributed by atoms with Crippen LogP contribution in [0, 0.1) is 0 Å². The van der Waals surface area contributed by atoms with Crippen molar-refractivity contribution in [2.24, 2.45) is 4.99 Å². The zero-order chi connectivity index (χ0) is 26.2. The zero-order valence-corrected chi connectivity index (χ0v) is 21.3. The number of hydrogen-bond acceptors (Lipinski definition) is 8. The van der Waals surface area contributed by atoms with E-state index in [4.69, 9.17) is 14.2 Å². The summed E-state index contributed by atoms with van der Waals surface area (Å²) >= 11 is 0. The molecule has 0 aliphatic heterocycles. The predicted octanol–water partition coefficient (Wildman–Crippen LogP) is 3.74. The van der Waals surface area contributed by atoms with Crippen molar-refractivity contribution in [3.05, 3.63) is 29.5 Å². The quantitative estimate of drug-likeness (QED) is 0.363. The molecular weight excluding hydrogens is 466 g/mol. The second kappa shape index (κ2) is 12.3. The Kier molecular flexibility index (Phi) is 9.15. The summed E-state index contributed by atoms with van der Waals surface area (Å²) in [6, 6.07) is 4.86. The van der Waals surface area contributed by atoms with Crippen molar-refractivity contribution in [3.8, 4) is 17.2 Å². The molecule has 3 rings (SSSR count). The molecule has 0 saturated heterocycles. The average Bonchev–Trinajstić information content (AvgIpc) is 3.45. The summed E-state index contributed by atoms with van der Waals surface area (Å²) in [5.41, 5.74) is 1.23. The summed E-state index contributed by atoms with van der Waals surface area (Å²) in [5, 5.41) is 22.9. The lowest BCUT2D eigenvalue weighted by atomic mass is 10.0. The van der Waals surface area contributed by atoms with Crippen molar-refractivity contribution >= 4 is 24.0 Å². The van der Waals surface area contributed by atoms with Gasteiger partial charge in [-0.25, -0.2) is 4.79 Å². The van der Waals surface area contributed by atoms with Crippen molar-refractivity contribution in [1.82, 2.24) is 15.5 Å². The number of rotatable bonds is 10. The normalized spacial score (nSPS) is 17.5. The maximum absolute atomic E-state index is 12.5. The first-order valence-corrected chi connectivity index (χ1v) is 12.0. The van der Waals surface area contributed by atoms with E-state index in [0.717, 1.165) is 18.5 Å². The largest absolute Gasteiger partial charge is 0.507 e. The second-order valence-corrected chi connectivity index (χ2v) is 9.31. The number of benzene rings is 1. The van der Waals surface area contributed by atoms with Gasteiger partial charge in [-0.2, -0.15) is 5.10 Å². The minimum atomic E-state index is -0.417. The Bertz CT molecular complexity index is 1080. The number of anilines is 1. The smallest absolute Gasteiger partial charge is 0.407 e. The maximum Gasteiger partial charge on any atom is 0.407 e. The molecule has 1 heterocycles. The van der Waals surface area contributed by atoms with Gasteiger partial charge in [0.2, 0.25) is 0 Å². The van der Waals surface area contributed by atoms with Gasteiger partial charge in [-0.05, 0) is 47.0 Å². The number of carbonyl (C=O) groups excluding carboxylic acids is 2. The molecule has 11 heteroatoms. The van der Waals surface area contributed by atoms with Crippen LogP contribution in [0.1, 0.15) is 64.1 Å². The zero-order valence-electron chi connectivity index (χ0n) is 21.3. The number of amides is 2. The van der Waals surface area contributed by atoms with Gasteiger partial charge >= 0.3 is 6.09 Å². The molecule has 2 aromatic rings. The molecule has 1 saturated carbocycles. The van der Waals surface area contributed by atoms with Crippen LogP contribution in [0.5, 0.6) is 17.2 Å². The number of alkyl carbamates (subject to hydrolysis) is 1. The van der Waals surface area contributed by atoms with E-state index >= 15 is 0 Å². The van der Waals surface area contributed by atoms with Crippen LogP contribution in [0.25, 0.3) is 0 Å². The number of methoxy groups -OCH3 is 1. The van der Waals surface area contributed by atoms with Crippen LogP contribution in [0.15, 0.2) is 23.2 Å². The number of H-pyrrole nitrogens is 1. The van der Waals surface area contributed by atoms with E-state index in [-0.39, 0.29) is 42.2 Å². The molecule has 2 amide bonds. The van der Waals surface area contributed by atoms with Gasteiger partial charge in [0, 0.05) is 48.1 Å². The summed E-state index contributed by atoms with van der Waals surface area (Å²) < 4.78 is 16.3. The first-order valence-electron chi connectivity index (χ1n) is 12.0. The number of aromatic hydroxyl groups is 1. The third-order valence-corrected chi connectivity index (χ3v) is 5.56. The lowest BCUT2D eigenvalue weighted by Gasteiger charge is -2.14. The van der Waals surface area contributed by atoms with Gasteiger partial charge in [0.15, 0.2) is 12.4 Å². The Hall–Kier alpha value is -3.76. The highest BCUT2D eigenvalue weighted by atomic mass is 16.6.